The second-order valence-corrected chi connectivity index (χ2v) is 4.80. The lowest BCUT2D eigenvalue weighted by molar-refractivity contribution is 0.399. The van der Waals surface area contributed by atoms with Gasteiger partial charge in [0.25, 0.3) is 0 Å². The summed E-state index contributed by atoms with van der Waals surface area (Å²) in [6.07, 6.45) is 0.988. The molecule has 2 aromatic rings. The van der Waals surface area contributed by atoms with E-state index in [4.69, 9.17) is 5.10 Å². The highest BCUT2D eigenvalue weighted by atomic mass is 15.4. The van der Waals surface area contributed by atoms with Gasteiger partial charge < -0.3 is 4.92 Å². The van der Waals surface area contributed by atoms with Crippen LogP contribution >= 0.6 is 0 Å². The first-order valence-electron chi connectivity index (χ1n) is 6.83. The van der Waals surface area contributed by atoms with Crippen LogP contribution in [-0.2, 0) is 0 Å². The molecule has 92 valence electrons. The van der Waals surface area contributed by atoms with Gasteiger partial charge in [0, 0.05) is 6.42 Å². The molecule has 0 aliphatic carbocycles. The van der Waals surface area contributed by atoms with Gasteiger partial charge in [-0.25, -0.2) is 0 Å². The van der Waals surface area contributed by atoms with Crippen LogP contribution < -0.4 is 0 Å². The molecule has 1 atom stereocenters. The zero-order valence-electron chi connectivity index (χ0n) is 11.2. The van der Waals surface area contributed by atoms with E-state index < -0.39 is 0 Å². The van der Waals surface area contributed by atoms with E-state index in [1.54, 1.807) is 0 Å². The second-order valence-electron chi connectivity index (χ2n) is 4.80. The summed E-state index contributed by atoms with van der Waals surface area (Å²) in [6, 6.07) is 21.5. The predicted molar refractivity (Wildman–Crippen MR) is 84.3 cm³/mol. The van der Waals surface area contributed by atoms with Crippen LogP contribution in [0.2, 0.25) is 0 Å². The van der Waals surface area contributed by atoms with E-state index in [-0.39, 0.29) is 0 Å². The first kappa shape index (κ1) is 12.1. The lowest BCUT2D eigenvalue weighted by Gasteiger charge is -2.22. The molecule has 0 fully saturated rings. The molecular formula is C15H16B2N2. The molecule has 1 aliphatic heterocycles. The predicted octanol–water partition coefficient (Wildman–Crippen LogP) is 1.74. The van der Waals surface area contributed by atoms with Gasteiger partial charge in [-0.1, -0.05) is 60.7 Å². The van der Waals surface area contributed by atoms with Crippen molar-refractivity contribution < 1.29 is 0 Å². The topological polar surface area (TPSA) is 15.6 Å². The van der Waals surface area contributed by atoms with Crippen molar-refractivity contribution in [1.82, 2.24) is 4.92 Å². The standard InChI is InChI=1S/C15H16B2N2/c16-17-19-15(13-9-5-2-6-10-13)11-14(18-19)12-7-3-1-4-8-12/h1-10,15,17H,11,16H2. The molecule has 2 nitrogen and oxygen atoms in total. The lowest BCUT2D eigenvalue weighted by Crippen LogP contribution is -2.23. The number of hydrazone groups is 1. The summed E-state index contributed by atoms with van der Waals surface area (Å²) in [5.74, 6) is 0. The van der Waals surface area contributed by atoms with E-state index in [0.29, 0.717) is 6.04 Å². The number of benzene rings is 2. The zero-order valence-corrected chi connectivity index (χ0v) is 11.2. The van der Waals surface area contributed by atoms with Crippen LogP contribution in [0.4, 0.5) is 0 Å². The fourth-order valence-electron chi connectivity index (χ4n) is 2.62. The van der Waals surface area contributed by atoms with Gasteiger partial charge in [0.2, 0.25) is 7.31 Å². The van der Waals surface area contributed by atoms with Crippen molar-refractivity contribution in [2.24, 2.45) is 5.10 Å². The Morgan fingerprint density at radius 3 is 2.26 bits per heavy atom. The van der Waals surface area contributed by atoms with E-state index in [9.17, 15) is 0 Å². The third-order valence-electron chi connectivity index (χ3n) is 3.61. The molecule has 0 bridgehead atoms. The summed E-state index contributed by atoms with van der Waals surface area (Å²) < 4.78 is 0. The number of nitrogens with zero attached hydrogens (tertiary/aromatic N) is 2. The third-order valence-corrected chi connectivity index (χ3v) is 3.61. The summed E-state index contributed by atoms with van der Waals surface area (Å²) in [5, 5.41) is 4.78. The van der Waals surface area contributed by atoms with Crippen LogP contribution in [0.5, 0.6) is 0 Å². The summed E-state index contributed by atoms with van der Waals surface area (Å²) >= 11 is 0. The second kappa shape index (κ2) is 5.35. The maximum atomic E-state index is 4.78. The molecule has 0 saturated carbocycles. The van der Waals surface area contributed by atoms with E-state index in [1.165, 1.54) is 16.8 Å². The molecule has 0 radical (unpaired) electrons. The maximum Gasteiger partial charge on any atom is 0.217 e. The SMILES string of the molecule is BBN1N=C(c2ccccc2)CC1c1ccccc1. The van der Waals surface area contributed by atoms with Crippen molar-refractivity contribution in [2.75, 3.05) is 0 Å². The summed E-state index contributed by atoms with van der Waals surface area (Å²) in [7, 11) is 3.10. The maximum absolute atomic E-state index is 4.78. The summed E-state index contributed by atoms with van der Waals surface area (Å²) in [5.41, 5.74) is 3.77. The van der Waals surface area contributed by atoms with Gasteiger partial charge in [0.05, 0.1) is 19.5 Å². The normalized spacial score (nSPS) is 18.2. The molecule has 0 aromatic heterocycles. The van der Waals surface area contributed by atoms with Crippen molar-refractivity contribution in [2.45, 2.75) is 12.5 Å². The molecule has 0 spiro atoms. The van der Waals surface area contributed by atoms with Crippen molar-refractivity contribution >= 4 is 20.8 Å². The van der Waals surface area contributed by atoms with E-state index in [2.05, 4.69) is 67.3 Å². The molecule has 4 heteroatoms. The van der Waals surface area contributed by atoms with Crippen LogP contribution in [0.3, 0.4) is 0 Å². The van der Waals surface area contributed by atoms with Gasteiger partial charge in [-0.15, -0.1) is 0 Å². The van der Waals surface area contributed by atoms with Gasteiger partial charge in [-0.05, 0) is 11.1 Å². The van der Waals surface area contributed by atoms with E-state index in [0.717, 1.165) is 13.7 Å². The summed E-state index contributed by atoms with van der Waals surface area (Å²) in [6.45, 7) is 0. The number of hydrogen-bond acceptors (Lipinski definition) is 2. The number of hydrogen-bond donors (Lipinski definition) is 0. The Labute approximate surface area is 115 Å². The molecule has 1 aliphatic rings. The van der Waals surface area contributed by atoms with Crippen molar-refractivity contribution in [1.29, 1.82) is 0 Å². The molecule has 0 N–H and O–H groups in total. The fraction of sp³-hybridized carbons (Fsp3) is 0.133. The Kier molecular flexibility index (Phi) is 3.41. The van der Waals surface area contributed by atoms with Crippen molar-refractivity contribution in [3.8, 4) is 0 Å². The highest BCUT2D eigenvalue weighted by molar-refractivity contribution is 6.87. The van der Waals surface area contributed by atoms with Gasteiger partial charge in [-0.3, -0.25) is 0 Å². The smallest absolute Gasteiger partial charge is 0.217 e. The average Bonchev–Trinajstić information content (AvgIpc) is 2.93. The molecular weight excluding hydrogens is 230 g/mol. The number of rotatable bonds is 3. The van der Waals surface area contributed by atoms with Crippen LogP contribution in [0.25, 0.3) is 0 Å². The minimum absolute atomic E-state index is 0.376. The molecule has 0 amide bonds. The highest BCUT2D eigenvalue weighted by Crippen LogP contribution is 2.31. The van der Waals surface area contributed by atoms with Crippen molar-refractivity contribution in [3.05, 3.63) is 71.8 Å². The van der Waals surface area contributed by atoms with Gasteiger partial charge in [-0.2, -0.15) is 5.10 Å². The average molecular weight is 246 g/mol. The van der Waals surface area contributed by atoms with Crippen LogP contribution in [-0.4, -0.2) is 25.7 Å². The van der Waals surface area contributed by atoms with Crippen LogP contribution in [0.1, 0.15) is 23.6 Å². The fourth-order valence-corrected chi connectivity index (χ4v) is 2.62. The molecule has 1 unspecified atom stereocenters. The molecule has 0 saturated heterocycles. The van der Waals surface area contributed by atoms with Gasteiger partial charge >= 0.3 is 0 Å². The van der Waals surface area contributed by atoms with E-state index in [1.807, 2.05) is 6.07 Å². The highest BCUT2D eigenvalue weighted by Gasteiger charge is 2.26. The van der Waals surface area contributed by atoms with Gasteiger partial charge in [0.1, 0.15) is 0 Å². The molecule has 1 heterocycles. The quantitative estimate of drug-likeness (QED) is 0.753. The first-order chi connectivity index (χ1) is 9.38. The first-order valence-corrected chi connectivity index (χ1v) is 6.83. The molecule has 19 heavy (non-hydrogen) atoms. The Balaban J connectivity index is 1.88. The Bertz CT molecular complexity index is 569. The van der Waals surface area contributed by atoms with Gasteiger partial charge in [0.15, 0.2) is 0 Å². The Morgan fingerprint density at radius 2 is 1.63 bits per heavy atom. The summed E-state index contributed by atoms with van der Waals surface area (Å²) in [4.78, 5) is 2.19. The zero-order chi connectivity index (χ0) is 13.1. The van der Waals surface area contributed by atoms with Crippen molar-refractivity contribution in [3.63, 3.8) is 0 Å². The Morgan fingerprint density at radius 1 is 1.00 bits per heavy atom. The molecule has 2 aromatic carbocycles. The van der Waals surface area contributed by atoms with Crippen LogP contribution in [0, 0.1) is 0 Å². The largest absolute Gasteiger partial charge is 0.346 e. The van der Waals surface area contributed by atoms with Crippen LogP contribution in [0.15, 0.2) is 65.8 Å². The minimum Gasteiger partial charge on any atom is -0.346 e. The Hall–Kier alpha value is -1.96. The minimum atomic E-state index is 0.376. The third kappa shape index (κ3) is 2.43. The monoisotopic (exact) mass is 246 g/mol. The lowest BCUT2D eigenvalue weighted by atomic mass is 9.65. The molecule has 3 rings (SSSR count). The van der Waals surface area contributed by atoms with E-state index >= 15 is 0 Å².